The molecule has 0 amide bonds. The topological polar surface area (TPSA) is 54.6 Å². The van der Waals surface area contributed by atoms with E-state index >= 15 is 0 Å². The molecule has 2 atom stereocenters. The van der Waals surface area contributed by atoms with Crippen LogP contribution in [0.2, 0.25) is 0 Å². The Kier molecular flexibility index (Phi) is 2.76. The molecule has 0 saturated carbocycles. The Morgan fingerprint density at radius 3 is 2.80 bits per heavy atom. The minimum atomic E-state index is -0.884. The Hall–Kier alpha value is -1.20. The molecule has 2 bridgehead atoms. The van der Waals surface area contributed by atoms with Crippen molar-refractivity contribution in [2.45, 2.75) is 48.2 Å². The van der Waals surface area contributed by atoms with Gasteiger partial charge in [0.05, 0.1) is 11.9 Å². The Labute approximate surface area is 120 Å². The first-order valence-corrected chi connectivity index (χ1v) is 8.49. The highest BCUT2D eigenvalue weighted by atomic mass is 32.2. The molecule has 0 spiro atoms. The molecule has 0 radical (unpaired) electrons. The van der Waals surface area contributed by atoms with Crippen LogP contribution >= 0.6 is 0 Å². The van der Waals surface area contributed by atoms with Crippen LogP contribution in [0.4, 0.5) is 0 Å². The zero-order chi connectivity index (χ0) is 13.7. The van der Waals surface area contributed by atoms with E-state index < -0.39 is 16.4 Å². The van der Waals surface area contributed by atoms with Crippen LogP contribution in [0.25, 0.3) is 5.65 Å². The summed E-state index contributed by atoms with van der Waals surface area (Å²) < 4.78 is 14.3. The van der Waals surface area contributed by atoms with Gasteiger partial charge in [-0.05, 0) is 37.8 Å². The first-order chi connectivity index (χ1) is 9.67. The summed E-state index contributed by atoms with van der Waals surface area (Å²) in [5, 5.41) is 11.4. The number of hydrogen-bond acceptors (Lipinski definition) is 3. The molecule has 0 aliphatic carbocycles. The molecule has 0 aromatic carbocycles. The van der Waals surface area contributed by atoms with E-state index in [0.29, 0.717) is 12.8 Å². The maximum Gasteiger partial charge on any atom is 0.136 e. The minimum Gasteiger partial charge on any atom is -0.383 e. The largest absolute Gasteiger partial charge is 0.383 e. The van der Waals surface area contributed by atoms with E-state index in [9.17, 15) is 9.32 Å². The molecule has 2 aromatic rings. The summed E-state index contributed by atoms with van der Waals surface area (Å²) in [5.74, 6) is 0. The van der Waals surface area contributed by atoms with Gasteiger partial charge in [-0.25, -0.2) is 4.98 Å². The quantitative estimate of drug-likeness (QED) is 0.874. The zero-order valence-electron chi connectivity index (χ0n) is 11.2. The predicted octanol–water partition coefficient (Wildman–Crippen LogP) is 1.99. The molecule has 4 nitrogen and oxygen atoms in total. The number of rotatable bonds is 1. The van der Waals surface area contributed by atoms with Crippen molar-refractivity contribution < 1.29 is 9.32 Å². The Morgan fingerprint density at radius 1 is 1.30 bits per heavy atom. The fourth-order valence-corrected chi connectivity index (χ4v) is 5.99. The van der Waals surface area contributed by atoms with Crippen LogP contribution in [0.3, 0.4) is 0 Å². The first-order valence-electron chi connectivity index (χ1n) is 7.22. The zero-order valence-corrected chi connectivity index (χ0v) is 12.1. The molecule has 2 aliphatic heterocycles. The molecule has 2 saturated heterocycles. The molecule has 4 rings (SSSR count). The standard InChI is InChI=1S/C15H18N2O2S/c18-15(8-11-4-3-5-12(9-15)20(11)19)13-10-16-14-6-1-2-7-17(13)14/h1-2,6-7,10-12,18H,3-5,8-9H2. The second-order valence-corrected chi connectivity index (χ2v) is 8.01. The van der Waals surface area contributed by atoms with Crippen molar-refractivity contribution in [3.8, 4) is 0 Å². The lowest BCUT2D eigenvalue weighted by atomic mass is 9.83. The molecule has 1 N–H and O–H groups in total. The number of imidazole rings is 1. The number of aromatic nitrogens is 2. The van der Waals surface area contributed by atoms with Crippen molar-refractivity contribution >= 4 is 16.4 Å². The van der Waals surface area contributed by atoms with Gasteiger partial charge in [-0.2, -0.15) is 0 Å². The van der Waals surface area contributed by atoms with Crippen LogP contribution < -0.4 is 0 Å². The van der Waals surface area contributed by atoms with E-state index in [1.807, 2.05) is 28.8 Å². The number of aliphatic hydroxyl groups is 1. The smallest absolute Gasteiger partial charge is 0.136 e. The monoisotopic (exact) mass is 290 g/mol. The van der Waals surface area contributed by atoms with E-state index in [-0.39, 0.29) is 10.5 Å². The summed E-state index contributed by atoms with van der Waals surface area (Å²) in [7, 11) is -0.768. The summed E-state index contributed by atoms with van der Waals surface area (Å²) in [6, 6.07) is 5.83. The van der Waals surface area contributed by atoms with Crippen molar-refractivity contribution in [2.75, 3.05) is 0 Å². The minimum absolute atomic E-state index is 0.141. The lowest BCUT2D eigenvalue weighted by Gasteiger charge is -2.43. The average Bonchev–Trinajstić information content (AvgIpc) is 2.85. The van der Waals surface area contributed by atoms with Gasteiger partial charge >= 0.3 is 0 Å². The van der Waals surface area contributed by atoms with Gasteiger partial charge in [0.2, 0.25) is 0 Å². The van der Waals surface area contributed by atoms with Crippen LogP contribution in [0.5, 0.6) is 0 Å². The number of pyridine rings is 1. The Balaban J connectivity index is 1.79. The number of nitrogens with zero attached hydrogens (tertiary/aromatic N) is 2. The molecular formula is C15H18N2O2S. The van der Waals surface area contributed by atoms with Gasteiger partial charge in [0, 0.05) is 27.5 Å². The van der Waals surface area contributed by atoms with Crippen molar-refractivity contribution in [2.24, 2.45) is 0 Å². The lowest BCUT2D eigenvalue weighted by molar-refractivity contribution is 0.00175. The van der Waals surface area contributed by atoms with E-state index in [2.05, 4.69) is 4.98 Å². The second-order valence-electron chi connectivity index (χ2n) is 6.02. The van der Waals surface area contributed by atoms with E-state index in [1.54, 1.807) is 6.20 Å². The van der Waals surface area contributed by atoms with Gasteiger partial charge in [-0.3, -0.25) is 4.21 Å². The number of fused-ring (bicyclic) bond motifs is 3. The maximum absolute atomic E-state index is 12.3. The molecule has 4 heterocycles. The summed E-state index contributed by atoms with van der Waals surface area (Å²) >= 11 is 0. The summed E-state index contributed by atoms with van der Waals surface area (Å²) in [5.41, 5.74) is 0.819. The Morgan fingerprint density at radius 2 is 2.05 bits per heavy atom. The molecule has 2 fully saturated rings. The van der Waals surface area contributed by atoms with E-state index in [1.165, 1.54) is 0 Å². The molecule has 2 unspecified atom stereocenters. The lowest BCUT2D eigenvalue weighted by Crippen LogP contribution is -2.47. The number of hydrogen-bond donors (Lipinski definition) is 1. The molecule has 20 heavy (non-hydrogen) atoms. The van der Waals surface area contributed by atoms with Crippen LogP contribution in [-0.2, 0) is 16.4 Å². The first kappa shape index (κ1) is 12.5. The van der Waals surface area contributed by atoms with Gasteiger partial charge in [0.1, 0.15) is 11.2 Å². The maximum atomic E-state index is 12.3. The summed E-state index contributed by atoms with van der Waals surface area (Å²) in [4.78, 5) is 4.38. The normalized spacial score (nSPS) is 37.1. The fourth-order valence-electron chi connectivity index (χ4n) is 3.77. The highest BCUT2D eigenvalue weighted by Gasteiger charge is 2.47. The Bertz CT molecular complexity index is 665. The van der Waals surface area contributed by atoms with Gasteiger partial charge in [0.15, 0.2) is 0 Å². The second kappa shape index (κ2) is 4.40. The third-order valence-electron chi connectivity index (χ3n) is 4.73. The predicted molar refractivity (Wildman–Crippen MR) is 77.9 cm³/mol. The van der Waals surface area contributed by atoms with Crippen LogP contribution in [-0.4, -0.2) is 29.2 Å². The summed E-state index contributed by atoms with van der Waals surface area (Å²) in [6.45, 7) is 0. The molecule has 2 aromatic heterocycles. The molecule has 106 valence electrons. The van der Waals surface area contributed by atoms with Crippen LogP contribution in [0.15, 0.2) is 30.6 Å². The average molecular weight is 290 g/mol. The van der Waals surface area contributed by atoms with Crippen molar-refractivity contribution in [3.05, 3.63) is 36.3 Å². The van der Waals surface area contributed by atoms with E-state index in [4.69, 9.17) is 0 Å². The molecular weight excluding hydrogens is 272 g/mol. The van der Waals surface area contributed by atoms with Crippen molar-refractivity contribution in [1.29, 1.82) is 0 Å². The fraction of sp³-hybridized carbons (Fsp3) is 0.533. The highest BCUT2D eigenvalue weighted by Crippen LogP contribution is 2.44. The van der Waals surface area contributed by atoms with E-state index in [0.717, 1.165) is 30.6 Å². The van der Waals surface area contributed by atoms with Gasteiger partial charge in [-0.15, -0.1) is 0 Å². The SMILES string of the molecule is O=S1C2CCCC1CC(O)(c1cnc3ccccn13)C2. The third kappa shape index (κ3) is 1.76. The third-order valence-corrected chi connectivity index (χ3v) is 6.85. The van der Waals surface area contributed by atoms with Crippen LogP contribution in [0.1, 0.15) is 37.8 Å². The van der Waals surface area contributed by atoms with Crippen molar-refractivity contribution in [1.82, 2.24) is 9.38 Å². The van der Waals surface area contributed by atoms with Crippen molar-refractivity contribution in [3.63, 3.8) is 0 Å². The molecule has 5 heteroatoms. The van der Waals surface area contributed by atoms with Gasteiger partial charge in [0.25, 0.3) is 0 Å². The summed E-state index contributed by atoms with van der Waals surface area (Å²) in [6.07, 6.45) is 8.00. The van der Waals surface area contributed by atoms with Crippen LogP contribution in [0, 0.1) is 0 Å². The van der Waals surface area contributed by atoms with Gasteiger partial charge < -0.3 is 9.51 Å². The molecule has 2 aliphatic rings. The van der Waals surface area contributed by atoms with Gasteiger partial charge in [-0.1, -0.05) is 12.5 Å². The highest BCUT2D eigenvalue weighted by molar-refractivity contribution is 7.86.